The average molecular weight is 352 g/mol. The number of hydrogen-bond acceptors (Lipinski definition) is 4. The SMILES string of the molecule is CN1C(=O)N[C@@H]2CN(C(=O)c3cnccc3Oc3ccccc3)CC[C@@H]21. The van der Waals surface area contributed by atoms with Gasteiger partial charge in [-0.05, 0) is 24.6 Å². The normalized spacial score (nSPS) is 22.0. The Hall–Kier alpha value is -3.09. The lowest BCUT2D eigenvalue weighted by Gasteiger charge is -2.35. The van der Waals surface area contributed by atoms with Crippen molar-refractivity contribution in [2.45, 2.75) is 18.5 Å². The fourth-order valence-electron chi connectivity index (χ4n) is 3.56. The van der Waals surface area contributed by atoms with E-state index in [9.17, 15) is 9.59 Å². The van der Waals surface area contributed by atoms with Crippen LogP contribution in [0, 0.1) is 0 Å². The molecule has 26 heavy (non-hydrogen) atoms. The van der Waals surface area contributed by atoms with E-state index in [2.05, 4.69) is 10.3 Å². The highest BCUT2D eigenvalue weighted by Gasteiger charge is 2.42. The molecule has 134 valence electrons. The van der Waals surface area contributed by atoms with Gasteiger partial charge in [-0.15, -0.1) is 0 Å². The number of likely N-dealkylation sites (N-methyl/N-ethyl adjacent to an activating group) is 1. The smallest absolute Gasteiger partial charge is 0.317 e. The Morgan fingerprint density at radius 2 is 2.08 bits per heavy atom. The fourth-order valence-corrected chi connectivity index (χ4v) is 3.56. The molecule has 3 heterocycles. The van der Waals surface area contributed by atoms with Gasteiger partial charge in [0.05, 0.1) is 12.1 Å². The topological polar surface area (TPSA) is 74.8 Å². The van der Waals surface area contributed by atoms with Gasteiger partial charge in [-0.3, -0.25) is 9.78 Å². The maximum absolute atomic E-state index is 13.0. The van der Waals surface area contributed by atoms with E-state index in [0.29, 0.717) is 30.2 Å². The molecule has 0 aliphatic carbocycles. The van der Waals surface area contributed by atoms with Gasteiger partial charge in [-0.25, -0.2) is 4.79 Å². The predicted molar refractivity (Wildman–Crippen MR) is 95.1 cm³/mol. The maximum atomic E-state index is 13.0. The van der Waals surface area contributed by atoms with Crippen LogP contribution in [0.5, 0.6) is 11.5 Å². The van der Waals surface area contributed by atoms with Gasteiger partial charge < -0.3 is 19.9 Å². The summed E-state index contributed by atoms with van der Waals surface area (Å²) in [6.45, 7) is 1.08. The summed E-state index contributed by atoms with van der Waals surface area (Å²) in [7, 11) is 1.80. The van der Waals surface area contributed by atoms with Crippen molar-refractivity contribution < 1.29 is 14.3 Å². The van der Waals surface area contributed by atoms with Gasteiger partial charge >= 0.3 is 6.03 Å². The van der Waals surface area contributed by atoms with E-state index in [1.165, 1.54) is 6.20 Å². The van der Waals surface area contributed by atoms with Crippen molar-refractivity contribution in [1.82, 2.24) is 20.1 Å². The van der Waals surface area contributed by atoms with Crippen LogP contribution in [0.2, 0.25) is 0 Å². The molecular formula is C19H20N4O3. The molecule has 1 N–H and O–H groups in total. The lowest BCUT2D eigenvalue weighted by atomic mass is 9.99. The van der Waals surface area contributed by atoms with Gasteiger partial charge in [-0.2, -0.15) is 0 Å². The van der Waals surface area contributed by atoms with E-state index in [-0.39, 0.29) is 24.0 Å². The molecular weight excluding hydrogens is 332 g/mol. The Balaban J connectivity index is 1.53. The number of nitrogens with zero attached hydrogens (tertiary/aromatic N) is 3. The second-order valence-electron chi connectivity index (χ2n) is 6.56. The molecule has 0 saturated carbocycles. The third-order valence-corrected chi connectivity index (χ3v) is 4.97. The molecule has 7 heteroatoms. The first-order chi connectivity index (χ1) is 12.6. The highest BCUT2D eigenvalue weighted by Crippen LogP contribution is 2.28. The summed E-state index contributed by atoms with van der Waals surface area (Å²) in [5.41, 5.74) is 0.424. The number of ether oxygens (including phenoxy) is 1. The molecule has 2 aromatic rings. The zero-order valence-corrected chi connectivity index (χ0v) is 14.5. The van der Waals surface area contributed by atoms with Gasteiger partial charge in [-0.1, -0.05) is 18.2 Å². The molecule has 0 bridgehead atoms. The van der Waals surface area contributed by atoms with Crippen LogP contribution in [0.4, 0.5) is 4.79 Å². The Morgan fingerprint density at radius 1 is 1.27 bits per heavy atom. The summed E-state index contributed by atoms with van der Waals surface area (Å²) in [5.74, 6) is 1.01. The highest BCUT2D eigenvalue weighted by atomic mass is 16.5. The molecule has 2 fully saturated rings. The van der Waals surface area contributed by atoms with E-state index in [0.717, 1.165) is 6.42 Å². The van der Waals surface area contributed by atoms with E-state index >= 15 is 0 Å². The summed E-state index contributed by atoms with van der Waals surface area (Å²) in [4.78, 5) is 32.4. The molecule has 7 nitrogen and oxygen atoms in total. The summed E-state index contributed by atoms with van der Waals surface area (Å²) in [6, 6.07) is 11.0. The number of para-hydroxylation sites is 1. The first-order valence-electron chi connectivity index (χ1n) is 8.63. The number of rotatable bonds is 3. The Kier molecular flexibility index (Phi) is 4.20. The number of likely N-dealkylation sites (tertiary alicyclic amines) is 1. The molecule has 0 radical (unpaired) electrons. The first-order valence-corrected chi connectivity index (χ1v) is 8.63. The van der Waals surface area contributed by atoms with Crippen molar-refractivity contribution in [1.29, 1.82) is 0 Å². The summed E-state index contributed by atoms with van der Waals surface area (Å²) < 4.78 is 5.88. The third-order valence-electron chi connectivity index (χ3n) is 4.97. The van der Waals surface area contributed by atoms with Crippen LogP contribution < -0.4 is 10.1 Å². The molecule has 2 aliphatic heterocycles. The van der Waals surface area contributed by atoms with Crippen LogP contribution in [0.25, 0.3) is 0 Å². The van der Waals surface area contributed by atoms with Crippen molar-refractivity contribution in [3.8, 4) is 11.5 Å². The van der Waals surface area contributed by atoms with Crippen molar-refractivity contribution >= 4 is 11.9 Å². The van der Waals surface area contributed by atoms with Gasteiger partial charge in [0, 0.05) is 32.5 Å². The minimum atomic E-state index is -0.133. The standard InChI is InChI=1S/C19H20N4O3/c1-22-16-8-10-23(12-15(16)21-19(22)25)18(24)14-11-20-9-7-17(14)26-13-5-3-2-4-6-13/h2-7,9,11,15-16H,8,10,12H2,1H3,(H,21,25)/t15-,16+/m1/s1. The van der Waals surface area contributed by atoms with Crippen LogP contribution in [0.1, 0.15) is 16.8 Å². The van der Waals surface area contributed by atoms with Gasteiger partial charge in [0.25, 0.3) is 5.91 Å². The highest BCUT2D eigenvalue weighted by molar-refractivity contribution is 5.97. The number of fused-ring (bicyclic) bond motifs is 1. The third kappa shape index (κ3) is 2.96. The van der Waals surface area contributed by atoms with Gasteiger partial charge in [0.1, 0.15) is 17.1 Å². The van der Waals surface area contributed by atoms with Gasteiger partial charge in [0.15, 0.2) is 0 Å². The number of hydrogen-bond donors (Lipinski definition) is 1. The van der Waals surface area contributed by atoms with Crippen molar-refractivity contribution in [3.05, 3.63) is 54.4 Å². The number of nitrogens with one attached hydrogen (secondary N) is 1. The quantitative estimate of drug-likeness (QED) is 0.918. The van der Waals surface area contributed by atoms with Gasteiger partial charge in [0.2, 0.25) is 0 Å². The van der Waals surface area contributed by atoms with Crippen LogP contribution >= 0.6 is 0 Å². The molecule has 4 rings (SSSR count). The minimum absolute atomic E-state index is 0.0413. The van der Waals surface area contributed by atoms with Crippen LogP contribution in [-0.2, 0) is 0 Å². The monoisotopic (exact) mass is 352 g/mol. The molecule has 0 unspecified atom stereocenters. The number of benzene rings is 1. The van der Waals surface area contributed by atoms with Crippen molar-refractivity contribution in [2.75, 3.05) is 20.1 Å². The Morgan fingerprint density at radius 3 is 2.88 bits per heavy atom. The number of pyridine rings is 1. The molecule has 2 atom stereocenters. The zero-order chi connectivity index (χ0) is 18.1. The van der Waals surface area contributed by atoms with E-state index in [1.807, 2.05) is 30.3 Å². The number of amides is 3. The van der Waals surface area contributed by atoms with Crippen molar-refractivity contribution in [2.24, 2.45) is 0 Å². The van der Waals surface area contributed by atoms with Crippen LogP contribution in [-0.4, -0.2) is 58.9 Å². The lowest BCUT2D eigenvalue weighted by molar-refractivity contribution is 0.0663. The van der Waals surface area contributed by atoms with E-state index in [4.69, 9.17) is 4.74 Å². The molecule has 2 aliphatic rings. The first kappa shape index (κ1) is 16.4. The zero-order valence-electron chi connectivity index (χ0n) is 14.5. The summed E-state index contributed by atoms with van der Waals surface area (Å²) in [6.07, 6.45) is 3.89. The lowest BCUT2D eigenvalue weighted by Crippen LogP contribution is -2.52. The van der Waals surface area contributed by atoms with Crippen molar-refractivity contribution in [3.63, 3.8) is 0 Å². The fraction of sp³-hybridized carbons (Fsp3) is 0.316. The van der Waals surface area contributed by atoms with Crippen LogP contribution in [0.15, 0.2) is 48.8 Å². The summed E-state index contributed by atoms with van der Waals surface area (Å²) >= 11 is 0. The minimum Gasteiger partial charge on any atom is -0.456 e. The second-order valence-corrected chi connectivity index (χ2v) is 6.56. The molecule has 2 saturated heterocycles. The number of aromatic nitrogens is 1. The molecule has 3 amide bonds. The Labute approximate surface area is 151 Å². The van der Waals surface area contributed by atoms with Crippen LogP contribution in [0.3, 0.4) is 0 Å². The molecule has 0 spiro atoms. The predicted octanol–water partition coefficient (Wildman–Crippen LogP) is 2.11. The second kappa shape index (κ2) is 6.67. The number of urea groups is 1. The number of piperidine rings is 1. The van der Waals surface area contributed by atoms with E-state index in [1.54, 1.807) is 29.1 Å². The maximum Gasteiger partial charge on any atom is 0.317 e. The number of carbonyl (C=O) groups is 2. The molecule has 1 aromatic heterocycles. The Bertz CT molecular complexity index is 827. The summed E-state index contributed by atoms with van der Waals surface area (Å²) in [5, 5.41) is 2.94. The van der Waals surface area contributed by atoms with E-state index < -0.39 is 0 Å². The largest absolute Gasteiger partial charge is 0.456 e. The molecule has 1 aromatic carbocycles. The average Bonchev–Trinajstić information content (AvgIpc) is 2.96. The number of carbonyl (C=O) groups excluding carboxylic acids is 2.